The van der Waals surface area contributed by atoms with E-state index in [0.717, 1.165) is 35.3 Å². The van der Waals surface area contributed by atoms with Crippen LogP contribution < -0.4 is 5.32 Å². The minimum Gasteiger partial charge on any atom is -0.348 e. The van der Waals surface area contributed by atoms with Crippen molar-refractivity contribution in [3.63, 3.8) is 0 Å². The topological polar surface area (TPSA) is 80.1 Å². The smallest absolute Gasteiger partial charge is 0.265 e. The van der Waals surface area contributed by atoms with Crippen LogP contribution in [-0.2, 0) is 11.2 Å². The zero-order chi connectivity index (χ0) is 22.6. The lowest BCUT2D eigenvalue weighted by Crippen LogP contribution is -2.44. The summed E-state index contributed by atoms with van der Waals surface area (Å²) in [6.07, 6.45) is 13.1. The van der Waals surface area contributed by atoms with Crippen LogP contribution in [0.5, 0.6) is 0 Å². The van der Waals surface area contributed by atoms with Gasteiger partial charge >= 0.3 is 0 Å². The zero-order valence-electron chi connectivity index (χ0n) is 18.9. The molecule has 33 heavy (non-hydrogen) atoms. The fourth-order valence-corrected chi connectivity index (χ4v) is 5.01. The van der Waals surface area contributed by atoms with Gasteiger partial charge in [0.25, 0.3) is 5.91 Å². The third-order valence-corrected chi connectivity index (χ3v) is 6.92. The van der Waals surface area contributed by atoms with Crippen LogP contribution in [0.25, 0.3) is 11.3 Å². The minimum atomic E-state index is -0.00852. The van der Waals surface area contributed by atoms with Crippen molar-refractivity contribution in [1.82, 2.24) is 20.3 Å². The number of amides is 1. The summed E-state index contributed by atoms with van der Waals surface area (Å²) in [7, 11) is 0. The van der Waals surface area contributed by atoms with Gasteiger partial charge in [0.15, 0.2) is 0 Å². The number of pyridine rings is 1. The van der Waals surface area contributed by atoms with Gasteiger partial charge in [0.1, 0.15) is 12.0 Å². The Labute approximate surface area is 194 Å². The molecule has 2 aromatic heterocycles. The summed E-state index contributed by atoms with van der Waals surface area (Å²) < 4.78 is 0. The molecule has 2 unspecified atom stereocenters. The first kappa shape index (κ1) is 21.4. The SMILES string of the molecule is C[C@H]1CCCCC1NC(=O)C1=Nc2ccccc2C(Cc2ccc(-c3cncnc3)nc2)C1. The fourth-order valence-electron chi connectivity index (χ4n) is 5.01. The number of fused-ring (bicyclic) bond motifs is 1. The maximum absolute atomic E-state index is 13.2. The fraction of sp³-hybridized carbons (Fsp3) is 0.370. The first-order chi connectivity index (χ1) is 16.2. The van der Waals surface area contributed by atoms with E-state index in [1.165, 1.54) is 31.2 Å². The molecule has 0 bridgehead atoms. The van der Waals surface area contributed by atoms with E-state index in [0.29, 0.717) is 18.1 Å². The lowest BCUT2D eigenvalue weighted by molar-refractivity contribution is -0.116. The molecule has 1 amide bonds. The summed E-state index contributed by atoms with van der Waals surface area (Å²) >= 11 is 0. The molecule has 3 atom stereocenters. The molecule has 3 heterocycles. The first-order valence-corrected chi connectivity index (χ1v) is 11.8. The largest absolute Gasteiger partial charge is 0.348 e. The van der Waals surface area contributed by atoms with E-state index >= 15 is 0 Å². The quantitative estimate of drug-likeness (QED) is 0.604. The molecule has 0 spiro atoms. The summed E-state index contributed by atoms with van der Waals surface area (Å²) in [5.41, 5.74) is 5.63. The molecule has 2 aliphatic rings. The highest BCUT2D eigenvalue weighted by molar-refractivity contribution is 6.40. The second-order valence-corrected chi connectivity index (χ2v) is 9.24. The van der Waals surface area contributed by atoms with E-state index in [-0.39, 0.29) is 17.9 Å². The molecule has 1 N–H and O–H groups in total. The number of nitrogens with zero attached hydrogens (tertiary/aromatic N) is 4. The van der Waals surface area contributed by atoms with Gasteiger partial charge in [-0.15, -0.1) is 0 Å². The number of rotatable bonds is 5. The molecule has 6 heteroatoms. The van der Waals surface area contributed by atoms with Crippen LogP contribution in [0.15, 0.2) is 66.3 Å². The molecule has 0 radical (unpaired) electrons. The van der Waals surface area contributed by atoms with Crippen LogP contribution in [0.1, 0.15) is 56.1 Å². The monoisotopic (exact) mass is 439 g/mol. The molecule has 1 aliphatic heterocycles. The molecule has 1 saturated carbocycles. The highest BCUT2D eigenvalue weighted by Crippen LogP contribution is 2.37. The first-order valence-electron chi connectivity index (χ1n) is 11.8. The van der Waals surface area contributed by atoms with E-state index in [4.69, 9.17) is 4.99 Å². The van der Waals surface area contributed by atoms with Gasteiger partial charge in [0.2, 0.25) is 0 Å². The van der Waals surface area contributed by atoms with Gasteiger partial charge in [-0.05, 0) is 54.4 Å². The Bertz CT molecular complexity index is 1140. The summed E-state index contributed by atoms with van der Waals surface area (Å²) in [5.74, 6) is 0.705. The van der Waals surface area contributed by atoms with Gasteiger partial charge in [-0.25, -0.2) is 15.0 Å². The van der Waals surface area contributed by atoms with Crippen molar-refractivity contribution in [2.24, 2.45) is 10.9 Å². The number of aromatic nitrogens is 3. The molecule has 5 rings (SSSR count). The van der Waals surface area contributed by atoms with Gasteiger partial charge in [-0.2, -0.15) is 0 Å². The van der Waals surface area contributed by atoms with E-state index in [1.54, 1.807) is 12.4 Å². The highest BCUT2D eigenvalue weighted by Gasteiger charge is 2.29. The Morgan fingerprint density at radius 1 is 1.03 bits per heavy atom. The van der Waals surface area contributed by atoms with Gasteiger partial charge in [-0.3, -0.25) is 9.78 Å². The van der Waals surface area contributed by atoms with Gasteiger partial charge < -0.3 is 5.32 Å². The predicted octanol–water partition coefficient (Wildman–Crippen LogP) is 5.04. The third kappa shape index (κ3) is 4.85. The Morgan fingerprint density at radius 3 is 2.64 bits per heavy atom. The number of para-hydroxylation sites is 1. The molecule has 1 aliphatic carbocycles. The standard InChI is InChI=1S/C27H29N5O/c1-18-6-2-4-8-23(18)32-27(33)26-13-20(22-7-3-5-9-25(22)31-26)12-19-10-11-24(30-14-19)21-15-28-17-29-16-21/h3,5,7,9-11,14-18,20,23H,2,4,6,8,12-13H2,1H3,(H,32,33)/t18-,20?,23?/m0/s1. The predicted molar refractivity (Wildman–Crippen MR) is 129 cm³/mol. The Morgan fingerprint density at radius 2 is 1.85 bits per heavy atom. The van der Waals surface area contributed by atoms with Crippen LogP contribution in [0.3, 0.4) is 0 Å². The normalized spacial score (nSPS) is 22.2. The van der Waals surface area contributed by atoms with E-state index in [1.807, 2.05) is 30.5 Å². The Hall–Kier alpha value is -3.41. The molecular formula is C27H29N5O. The summed E-state index contributed by atoms with van der Waals surface area (Å²) in [6, 6.07) is 12.5. The Balaban J connectivity index is 1.33. The summed E-state index contributed by atoms with van der Waals surface area (Å²) in [5, 5.41) is 3.29. The highest BCUT2D eigenvalue weighted by atomic mass is 16.2. The molecule has 6 nitrogen and oxygen atoms in total. The van der Waals surface area contributed by atoms with Gasteiger partial charge in [-0.1, -0.05) is 44.0 Å². The number of aliphatic imine (C=N–C) groups is 1. The molecule has 1 aromatic carbocycles. The zero-order valence-corrected chi connectivity index (χ0v) is 18.9. The van der Waals surface area contributed by atoms with Crippen molar-refractivity contribution >= 4 is 17.3 Å². The van der Waals surface area contributed by atoms with Crippen LogP contribution >= 0.6 is 0 Å². The number of carbonyl (C=O) groups excluding carboxylic acids is 1. The van der Waals surface area contributed by atoms with Crippen molar-refractivity contribution in [2.75, 3.05) is 0 Å². The molecular weight excluding hydrogens is 410 g/mol. The van der Waals surface area contributed by atoms with Crippen molar-refractivity contribution in [1.29, 1.82) is 0 Å². The van der Waals surface area contributed by atoms with E-state index < -0.39 is 0 Å². The molecule has 168 valence electrons. The lowest BCUT2D eigenvalue weighted by atomic mass is 9.83. The van der Waals surface area contributed by atoms with Crippen LogP contribution in [0, 0.1) is 5.92 Å². The van der Waals surface area contributed by atoms with Crippen molar-refractivity contribution in [2.45, 2.75) is 57.4 Å². The Kier molecular flexibility index (Phi) is 6.24. The van der Waals surface area contributed by atoms with Gasteiger partial charge in [0.05, 0.1) is 11.4 Å². The average molecular weight is 440 g/mol. The number of hydrogen-bond donors (Lipinski definition) is 1. The van der Waals surface area contributed by atoms with E-state index in [2.05, 4.69) is 39.3 Å². The number of nitrogens with one attached hydrogen (secondary N) is 1. The molecule has 0 saturated heterocycles. The van der Waals surface area contributed by atoms with E-state index in [9.17, 15) is 4.79 Å². The minimum absolute atomic E-state index is 0.00852. The van der Waals surface area contributed by atoms with Crippen molar-refractivity contribution in [3.05, 3.63) is 72.4 Å². The summed E-state index contributed by atoms with van der Waals surface area (Å²) in [4.78, 5) is 30.7. The molecule has 3 aromatic rings. The second-order valence-electron chi connectivity index (χ2n) is 9.24. The maximum Gasteiger partial charge on any atom is 0.265 e. The second kappa shape index (κ2) is 9.61. The van der Waals surface area contributed by atoms with Crippen LogP contribution in [0.2, 0.25) is 0 Å². The number of hydrogen-bond acceptors (Lipinski definition) is 5. The maximum atomic E-state index is 13.2. The van der Waals surface area contributed by atoms with Crippen molar-refractivity contribution in [3.8, 4) is 11.3 Å². The number of carbonyl (C=O) groups is 1. The lowest BCUT2D eigenvalue weighted by Gasteiger charge is -2.31. The molecule has 1 fully saturated rings. The third-order valence-electron chi connectivity index (χ3n) is 6.92. The van der Waals surface area contributed by atoms with Crippen molar-refractivity contribution < 1.29 is 4.79 Å². The summed E-state index contributed by atoms with van der Waals surface area (Å²) in [6.45, 7) is 2.24. The van der Waals surface area contributed by atoms with Crippen LogP contribution in [-0.4, -0.2) is 32.6 Å². The number of benzene rings is 1. The van der Waals surface area contributed by atoms with Gasteiger partial charge in [0, 0.05) is 36.6 Å². The average Bonchev–Trinajstić information content (AvgIpc) is 2.86. The van der Waals surface area contributed by atoms with Crippen LogP contribution in [0.4, 0.5) is 5.69 Å².